The van der Waals surface area contributed by atoms with Gasteiger partial charge in [-0.25, -0.2) is 0 Å². The zero-order chi connectivity index (χ0) is 36.9. The van der Waals surface area contributed by atoms with Crippen molar-refractivity contribution in [2.24, 2.45) is 0 Å². The molecule has 0 aromatic heterocycles. The molecule has 0 saturated carbocycles. The molecule has 3 N–H and O–H groups in total. The molecule has 11 heteroatoms. The standard InChI is InChI=1S/C39H72N2O9/c1-34(42)22-18-17-21-28-48-30-32-50-33-31-49-29-27-40-37(44)26-25-36(35(2)43)41-38(45)23-19-15-13-11-9-7-5-3-4-6-8-10-12-14-16-20-24-39(46)47/h36H,3-33H2,1-2H3,(H,40,44)(H,41,45)(H,46,47)/t36-/m0/s1. The third-order valence-corrected chi connectivity index (χ3v) is 8.66. The van der Waals surface area contributed by atoms with E-state index in [1.54, 1.807) is 6.92 Å². The van der Waals surface area contributed by atoms with Crippen LogP contribution < -0.4 is 10.6 Å². The van der Waals surface area contributed by atoms with Crippen LogP contribution in [0, 0.1) is 0 Å². The van der Waals surface area contributed by atoms with Gasteiger partial charge < -0.3 is 34.7 Å². The molecule has 292 valence electrons. The fourth-order valence-electron chi connectivity index (χ4n) is 5.60. The van der Waals surface area contributed by atoms with Crippen LogP contribution in [0.1, 0.15) is 168 Å². The quantitative estimate of drug-likeness (QED) is 0.0558. The number of carboxylic acids is 1. The first kappa shape index (κ1) is 47.6. The van der Waals surface area contributed by atoms with Crippen molar-refractivity contribution in [3.05, 3.63) is 0 Å². The molecule has 0 fully saturated rings. The minimum atomic E-state index is -0.690. The average molecular weight is 713 g/mol. The van der Waals surface area contributed by atoms with Crippen molar-refractivity contribution in [2.75, 3.05) is 46.2 Å². The van der Waals surface area contributed by atoms with E-state index >= 15 is 0 Å². The number of nitrogens with one attached hydrogen (secondary N) is 2. The van der Waals surface area contributed by atoms with Crippen LogP contribution in [0.15, 0.2) is 0 Å². The molecule has 0 aliphatic heterocycles. The number of hydrogen-bond donors (Lipinski definition) is 3. The SMILES string of the molecule is CC(=O)CCCCCOCCOCCOCCNC(=O)CC[C@H](NC(=O)CCCCCCCCCCCCCCCCCCC(=O)O)C(C)=O. The molecule has 0 aliphatic carbocycles. The second-order valence-corrected chi connectivity index (χ2v) is 13.5. The Hall–Kier alpha value is -2.37. The predicted molar refractivity (Wildman–Crippen MR) is 197 cm³/mol. The lowest BCUT2D eigenvalue weighted by molar-refractivity contribution is -0.137. The number of amides is 2. The van der Waals surface area contributed by atoms with Crippen LogP contribution in [-0.4, -0.2) is 86.7 Å². The molecule has 0 rings (SSSR count). The number of carbonyl (C=O) groups is 5. The Morgan fingerprint density at radius 2 is 0.900 bits per heavy atom. The molecule has 0 aliphatic rings. The third-order valence-electron chi connectivity index (χ3n) is 8.66. The van der Waals surface area contributed by atoms with E-state index in [0.29, 0.717) is 65.4 Å². The Morgan fingerprint density at radius 1 is 0.480 bits per heavy atom. The van der Waals surface area contributed by atoms with Crippen molar-refractivity contribution in [3.63, 3.8) is 0 Å². The molecular weight excluding hydrogens is 640 g/mol. The van der Waals surface area contributed by atoms with Crippen LogP contribution in [0.2, 0.25) is 0 Å². The Kier molecular flexibility index (Phi) is 34.7. The molecule has 0 saturated heterocycles. The number of ether oxygens (including phenoxy) is 3. The van der Waals surface area contributed by atoms with E-state index in [4.69, 9.17) is 19.3 Å². The Balaban J connectivity index is 3.59. The lowest BCUT2D eigenvalue weighted by atomic mass is 10.0. The van der Waals surface area contributed by atoms with Crippen LogP contribution in [0.25, 0.3) is 0 Å². The Morgan fingerprint density at radius 3 is 1.38 bits per heavy atom. The lowest BCUT2D eigenvalue weighted by Gasteiger charge is -2.16. The average Bonchev–Trinajstić information content (AvgIpc) is 3.07. The first-order chi connectivity index (χ1) is 24.2. The van der Waals surface area contributed by atoms with E-state index in [1.165, 1.54) is 71.1 Å². The highest BCUT2D eigenvalue weighted by Crippen LogP contribution is 2.14. The molecule has 0 bridgehead atoms. The molecule has 0 radical (unpaired) electrons. The maximum atomic E-state index is 12.4. The largest absolute Gasteiger partial charge is 0.481 e. The van der Waals surface area contributed by atoms with E-state index in [9.17, 15) is 24.0 Å². The van der Waals surface area contributed by atoms with Gasteiger partial charge in [-0.1, -0.05) is 96.3 Å². The van der Waals surface area contributed by atoms with Gasteiger partial charge >= 0.3 is 5.97 Å². The molecule has 0 unspecified atom stereocenters. The van der Waals surface area contributed by atoms with E-state index in [2.05, 4.69) is 10.6 Å². The number of carbonyl (C=O) groups excluding carboxylic acids is 4. The van der Waals surface area contributed by atoms with E-state index < -0.39 is 12.0 Å². The number of rotatable bonds is 39. The van der Waals surface area contributed by atoms with E-state index in [-0.39, 0.29) is 36.2 Å². The highest BCUT2D eigenvalue weighted by Gasteiger charge is 2.18. The maximum absolute atomic E-state index is 12.4. The van der Waals surface area contributed by atoms with Crippen LogP contribution in [0.3, 0.4) is 0 Å². The lowest BCUT2D eigenvalue weighted by Crippen LogP contribution is -2.40. The zero-order valence-corrected chi connectivity index (χ0v) is 31.7. The van der Waals surface area contributed by atoms with Gasteiger partial charge in [0.15, 0.2) is 5.78 Å². The molecule has 50 heavy (non-hydrogen) atoms. The Bertz CT molecular complexity index is 869. The highest BCUT2D eigenvalue weighted by atomic mass is 16.5. The molecule has 11 nitrogen and oxygen atoms in total. The second kappa shape index (κ2) is 36.4. The van der Waals surface area contributed by atoms with Gasteiger partial charge in [0.05, 0.1) is 39.1 Å². The number of hydrogen-bond acceptors (Lipinski definition) is 8. The van der Waals surface area contributed by atoms with Crippen LogP contribution in [0.4, 0.5) is 0 Å². The third kappa shape index (κ3) is 36.9. The van der Waals surface area contributed by atoms with Crippen molar-refractivity contribution in [2.45, 2.75) is 174 Å². The minimum Gasteiger partial charge on any atom is -0.481 e. The summed E-state index contributed by atoms with van der Waals surface area (Å²) in [5.74, 6) is -0.914. The fourth-order valence-corrected chi connectivity index (χ4v) is 5.60. The van der Waals surface area contributed by atoms with Crippen LogP contribution >= 0.6 is 0 Å². The minimum absolute atomic E-state index is 0.132. The van der Waals surface area contributed by atoms with Crippen LogP contribution in [-0.2, 0) is 38.2 Å². The van der Waals surface area contributed by atoms with Gasteiger partial charge in [-0.15, -0.1) is 0 Å². The number of Topliss-reactive ketones (excluding diaryl/α,β-unsaturated/α-hetero) is 2. The summed E-state index contributed by atoms with van der Waals surface area (Å²) < 4.78 is 16.4. The normalized spacial score (nSPS) is 11.7. The summed E-state index contributed by atoms with van der Waals surface area (Å²) in [5, 5.41) is 14.2. The van der Waals surface area contributed by atoms with Crippen molar-refractivity contribution in [3.8, 4) is 0 Å². The van der Waals surface area contributed by atoms with Crippen molar-refractivity contribution in [1.82, 2.24) is 10.6 Å². The number of aliphatic carboxylic acids is 1. The molecule has 2 amide bonds. The maximum Gasteiger partial charge on any atom is 0.303 e. The zero-order valence-electron chi connectivity index (χ0n) is 31.7. The number of ketones is 2. The van der Waals surface area contributed by atoms with Gasteiger partial charge in [-0.05, 0) is 46.0 Å². The van der Waals surface area contributed by atoms with E-state index in [1.807, 2.05) is 0 Å². The predicted octanol–water partition coefficient (Wildman–Crippen LogP) is 7.26. The van der Waals surface area contributed by atoms with Crippen molar-refractivity contribution >= 4 is 29.4 Å². The molecule has 0 aromatic rings. The summed E-state index contributed by atoms with van der Waals surface area (Å²) in [5.41, 5.74) is 0. The van der Waals surface area contributed by atoms with Gasteiger partial charge in [0.1, 0.15) is 5.78 Å². The Labute approximate surface area is 303 Å². The van der Waals surface area contributed by atoms with Gasteiger partial charge in [0, 0.05) is 38.8 Å². The molecular formula is C39H72N2O9. The van der Waals surface area contributed by atoms with Gasteiger partial charge in [-0.3, -0.25) is 19.2 Å². The molecule has 0 aromatic carbocycles. The monoisotopic (exact) mass is 713 g/mol. The fraction of sp³-hybridized carbons (Fsp3) is 0.872. The van der Waals surface area contributed by atoms with Gasteiger partial charge in [-0.2, -0.15) is 0 Å². The number of carboxylic acid groups (broad SMARTS) is 1. The van der Waals surface area contributed by atoms with Gasteiger partial charge in [0.2, 0.25) is 11.8 Å². The summed E-state index contributed by atoms with van der Waals surface area (Å²) in [6, 6.07) is -0.646. The summed E-state index contributed by atoms with van der Waals surface area (Å²) in [4.78, 5) is 58.0. The summed E-state index contributed by atoms with van der Waals surface area (Å²) >= 11 is 0. The summed E-state index contributed by atoms with van der Waals surface area (Å²) in [6.45, 7) is 6.33. The second-order valence-electron chi connectivity index (χ2n) is 13.5. The molecule has 1 atom stereocenters. The first-order valence-corrected chi connectivity index (χ1v) is 19.7. The smallest absolute Gasteiger partial charge is 0.303 e. The highest BCUT2D eigenvalue weighted by molar-refractivity contribution is 5.88. The summed E-state index contributed by atoms with van der Waals surface area (Å²) in [6.07, 6.45) is 23.2. The van der Waals surface area contributed by atoms with E-state index in [0.717, 1.165) is 57.8 Å². The topological polar surface area (TPSA) is 157 Å². The molecule has 0 spiro atoms. The summed E-state index contributed by atoms with van der Waals surface area (Å²) in [7, 11) is 0. The van der Waals surface area contributed by atoms with Gasteiger partial charge in [0.25, 0.3) is 0 Å². The first-order valence-electron chi connectivity index (χ1n) is 19.7. The van der Waals surface area contributed by atoms with Crippen molar-refractivity contribution < 1.29 is 43.3 Å². The van der Waals surface area contributed by atoms with Crippen LogP contribution in [0.5, 0.6) is 0 Å². The van der Waals surface area contributed by atoms with Crippen molar-refractivity contribution in [1.29, 1.82) is 0 Å². The molecule has 0 heterocycles. The number of unbranched alkanes of at least 4 members (excludes halogenated alkanes) is 17.